The fourth-order valence-electron chi connectivity index (χ4n) is 4.78. The van der Waals surface area contributed by atoms with Gasteiger partial charge in [-0.1, -0.05) is 12.1 Å². The maximum atomic E-state index is 13.3. The van der Waals surface area contributed by atoms with Crippen molar-refractivity contribution in [3.8, 4) is 11.5 Å². The van der Waals surface area contributed by atoms with Crippen LogP contribution in [0.25, 0.3) is 0 Å². The molecule has 1 fully saturated rings. The highest BCUT2D eigenvalue weighted by atomic mass is 32.1. The Bertz CT molecular complexity index is 1230. The summed E-state index contributed by atoms with van der Waals surface area (Å²) in [5.41, 5.74) is 1.81. The van der Waals surface area contributed by atoms with Crippen LogP contribution in [0.5, 0.6) is 11.5 Å². The third kappa shape index (κ3) is 5.86. The van der Waals surface area contributed by atoms with Gasteiger partial charge < -0.3 is 25.0 Å². The number of nitrogens with zero attached hydrogens (tertiary/aromatic N) is 2. The number of rotatable bonds is 7. The number of carbonyl (C=O) groups excluding carboxylic acids is 2. The Morgan fingerprint density at radius 1 is 1.00 bits per heavy atom. The van der Waals surface area contributed by atoms with Crippen LogP contribution in [0.15, 0.2) is 60.0 Å². The summed E-state index contributed by atoms with van der Waals surface area (Å²) in [6.07, 6.45) is 0. The maximum Gasteiger partial charge on any atom is 0.309 e. The van der Waals surface area contributed by atoms with E-state index in [-0.39, 0.29) is 31.2 Å². The van der Waals surface area contributed by atoms with Gasteiger partial charge in [0.2, 0.25) is 6.79 Å². The zero-order valence-electron chi connectivity index (χ0n) is 20.5. The number of amides is 2. The number of hydrogen-bond acceptors (Lipinski definition) is 7. The van der Waals surface area contributed by atoms with Crippen LogP contribution in [0, 0.1) is 5.82 Å². The van der Waals surface area contributed by atoms with E-state index in [2.05, 4.69) is 26.5 Å². The quantitative estimate of drug-likeness (QED) is 0.462. The number of piperazine rings is 1. The van der Waals surface area contributed by atoms with Crippen molar-refractivity contribution in [3.63, 3.8) is 0 Å². The maximum absolute atomic E-state index is 13.3. The molecule has 10 heteroatoms. The van der Waals surface area contributed by atoms with Gasteiger partial charge in [0.05, 0.1) is 6.04 Å². The first kappa shape index (κ1) is 25.0. The third-order valence-corrected chi connectivity index (χ3v) is 7.61. The van der Waals surface area contributed by atoms with Crippen molar-refractivity contribution in [1.82, 2.24) is 15.5 Å². The van der Waals surface area contributed by atoms with Crippen molar-refractivity contribution in [2.45, 2.75) is 25.6 Å². The number of fused-ring (bicyclic) bond motifs is 1. The van der Waals surface area contributed by atoms with Crippen LogP contribution in [0.3, 0.4) is 0 Å². The normalized spacial score (nSPS) is 16.8. The number of thiophene rings is 1. The van der Waals surface area contributed by atoms with Gasteiger partial charge in [-0.3, -0.25) is 14.5 Å². The number of hydrogen-bond donors (Lipinski definition) is 2. The van der Waals surface area contributed by atoms with Gasteiger partial charge in [0.1, 0.15) is 5.82 Å². The molecular formula is C27H29FN4O4S. The Kier molecular flexibility index (Phi) is 7.57. The largest absolute Gasteiger partial charge is 0.454 e. The summed E-state index contributed by atoms with van der Waals surface area (Å²) in [4.78, 5) is 31.0. The number of nitrogens with one attached hydrogen (secondary N) is 2. The molecule has 2 N–H and O–H groups in total. The molecular weight excluding hydrogens is 495 g/mol. The standard InChI is InChI=1S/C27H29FN4O4S/c1-18(30-27(34)26(33)29-16-19-4-9-22-23(15-19)36-17-35-22)25(24-3-2-14-37-24)32-12-10-31(11-13-32)21-7-5-20(28)6-8-21/h2-9,14-15,18,25H,10-13,16-17H2,1H3,(H,29,33)(H,30,34). The Morgan fingerprint density at radius 2 is 1.76 bits per heavy atom. The van der Waals surface area contributed by atoms with Gasteiger partial charge in [-0.2, -0.15) is 0 Å². The number of halogens is 1. The van der Waals surface area contributed by atoms with E-state index in [1.54, 1.807) is 35.6 Å². The van der Waals surface area contributed by atoms with Gasteiger partial charge in [-0.05, 0) is 60.3 Å². The molecule has 5 rings (SSSR count). The molecule has 0 aliphatic carbocycles. The molecule has 0 spiro atoms. The molecule has 194 valence electrons. The van der Waals surface area contributed by atoms with Gasteiger partial charge in [-0.25, -0.2) is 4.39 Å². The second-order valence-electron chi connectivity index (χ2n) is 9.09. The van der Waals surface area contributed by atoms with E-state index < -0.39 is 11.8 Å². The Hall–Kier alpha value is -3.63. The first-order valence-electron chi connectivity index (χ1n) is 12.2. The summed E-state index contributed by atoms with van der Waals surface area (Å²) in [7, 11) is 0. The fourth-order valence-corrected chi connectivity index (χ4v) is 5.74. The topological polar surface area (TPSA) is 83.1 Å². The van der Waals surface area contributed by atoms with Crippen LogP contribution in [0.1, 0.15) is 23.4 Å². The number of ether oxygens (including phenoxy) is 2. The van der Waals surface area contributed by atoms with Gasteiger partial charge in [0.15, 0.2) is 11.5 Å². The molecule has 2 aromatic carbocycles. The zero-order valence-corrected chi connectivity index (χ0v) is 21.3. The van der Waals surface area contributed by atoms with Crippen molar-refractivity contribution in [1.29, 1.82) is 0 Å². The van der Waals surface area contributed by atoms with Crippen LogP contribution < -0.4 is 25.0 Å². The second-order valence-corrected chi connectivity index (χ2v) is 10.1. The van der Waals surface area contributed by atoms with E-state index in [1.165, 1.54) is 12.1 Å². The zero-order chi connectivity index (χ0) is 25.8. The van der Waals surface area contributed by atoms with E-state index >= 15 is 0 Å². The van der Waals surface area contributed by atoms with Crippen LogP contribution in [-0.2, 0) is 16.1 Å². The van der Waals surface area contributed by atoms with E-state index in [0.29, 0.717) is 11.5 Å². The molecule has 2 aliphatic rings. The number of carbonyl (C=O) groups is 2. The van der Waals surface area contributed by atoms with Crippen molar-refractivity contribution in [3.05, 3.63) is 76.2 Å². The lowest BCUT2D eigenvalue weighted by Gasteiger charge is -2.42. The number of benzene rings is 2. The second kappa shape index (κ2) is 11.2. The summed E-state index contributed by atoms with van der Waals surface area (Å²) in [5.74, 6) is -0.303. The van der Waals surface area contributed by atoms with Crippen LogP contribution in [0.4, 0.5) is 10.1 Å². The summed E-state index contributed by atoms with van der Waals surface area (Å²) in [5, 5.41) is 7.61. The van der Waals surface area contributed by atoms with Crippen LogP contribution in [-0.4, -0.2) is 55.7 Å². The van der Waals surface area contributed by atoms with Crippen molar-refractivity contribution >= 4 is 28.8 Å². The molecule has 3 aromatic rings. The third-order valence-electron chi connectivity index (χ3n) is 6.66. The smallest absolute Gasteiger partial charge is 0.309 e. The fraction of sp³-hybridized carbons (Fsp3) is 0.333. The van der Waals surface area contributed by atoms with E-state index in [9.17, 15) is 14.0 Å². The predicted octanol–water partition coefficient (Wildman–Crippen LogP) is 3.30. The molecule has 37 heavy (non-hydrogen) atoms. The highest BCUT2D eigenvalue weighted by molar-refractivity contribution is 7.10. The van der Waals surface area contributed by atoms with E-state index in [0.717, 1.165) is 42.3 Å². The molecule has 2 atom stereocenters. The SMILES string of the molecule is CC(NC(=O)C(=O)NCc1ccc2c(c1)OCO2)C(c1cccs1)N1CCN(c2ccc(F)cc2)CC1. The molecule has 2 unspecified atom stereocenters. The van der Waals surface area contributed by atoms with Crippen molar-refractivity contribution in [2.75, 3.05) is 37.9 Å². The van der Waals surface area contributed by atoms with Gasteiger partial charge in [0, 0.05) is 49.3 Å². The van der Waals surface area contributed by atoms with Crippen molar-refractivity contribution < 1.29 is 23.5 Å². The lowest BCUT2D eigenvalue weighted by Crippen LogP contribution is -2.53. The highest BCUT2D eigenvalue weighted by Crippen LogP contribution is 2.33. The minimum Gasteiger partial charge on any atom is -0.454 e. The first-order chi connectivity index (χ1) is 18.0. The Labute approximate surface area is 219 Å². The van der Waals surface area contributed by atoms with Crippen LogP contribution >= 0.6 is 11.3 Å². The van der Waals surface area contributed by atoms with Gasteiger partial charge >= 0.3 is 11.8 Å². The highest BCUT2D eigenvalue weighted by Gasteiger charge is 2.32. The predicted molar refractivity (Wildman–Crippen MR) is 139 cm³/mol. The molecule has 3 heterocycles. The molecule has 2 aliphatic heterocycles. The molecule has 0 saturated carbocycles. The average Bonchev–Trinajstić information content (AvgIpc) is 3.60. The molecule has 0 bridgehead atoms. The molecule has 2 amide bonds. The number of anilines is 1. The first-order valence-corrected chi connectivity index (χ1v) is 13.1. The average molecular weight is 525 g/mol. The minimum absolute atomic E-state index is 0.0685. The molecule has 0 radical (unpaired) electrons. The van der Waals surface area contributed by atoms with E-state index in [1.807, 2.05) is 24.4 Å². The molecule has 8 nitrogen and oxygen atoms in total. The monoisotopic (exact) mass is 524 g/mol. The lowest BCUT2D eigenvalue weighted by atomic mass is 10.0. The van der Waals surface area contributed by atoms with Gasteiger partial charge in [-0.15, -0.1) is 11.3 Å². The van der Waals surface area contributed by atoms with Gasteiger partial charge in [0.25, 0.3) is 0 Å². The molecule has 1 aromatic heterocycles. The van der Waals surface area contributed by atoms with E-state index in [4.69, 9.17) is 9.47 Å². The summed E-state index contributed by atoms with van der Waals surface area (Å²) in [6, 6.07) is 15.6. The summed E-state index contributed by atoms with van der Waals surface area (Å²) >= 11 is 1.63. The van der Waals surface area contributed by atoms with Crippen LogP contribution in [0.2, 0.25) is 0 Å². The Balaban J connectivity index is 1.18. The Morgan fingerprint density at radius 3 is 2.49 bits per heavy atom. The minimum atomic E-state index is -0.685. The van der Waals surface area contributed by atoms with Crippen molar-refractivity contribution in [2.24, 2.45) is 0 Å². The summed E-state index contributed by atoms with van der Waals surface area (Å²) < 4.78 is 24.0. The lowest BCUT2D eigenvalue weighted by molar-refractivity contribution is -0.140. The molecule has 1 saturated heterocycles. The summed E-state index contributed by atoms with van der Waals surface area (Å²) in [6.45, 7) is 5.43.